The quantitative estimate of drug-likeness (QED) is 0.680. The maximum Gasteiger partial charge on any atom is 0.223 e. The number of allylic oxidation sites excluding steroid dienone is 1. The minimum absolute atomic E-state index is 0.185. The minimum atomic E-state index is -0.790. The molecule has 13 heavy (non-hydrogen) atoms. The molecule has 0 spiro atoms. The summed E-state index contributed by atoms with van der Waals surface area (Å²) in [6.07, 6.45) is 3.86. The van der Waals surface area contributed by atoms with Gasteiger partial charge in [-0.25, -0.2) is 0 Å². The molecule has 1 N–H and O–H groups in total. The predicted molar refractivity (Wildman–Crippen MR) is 50.1 cm³/mol. The van der Waals surface area contributed by atoms with Gasteiger partial charge in [-0.2, -0.15) is 0 Å². The molecule has 0 radical (unpaired) electrons. The lowest BCUT2D eigenvalue weighted by Gasteiger charge is -2.27. The summed E-state index contributed by atoms with van der Waals surface area (Å²) < 4.78 is 10.6. The fourth-order valence-electron chi connectivity index (χ4n) is 1.24. The van der Waals surface area contributed by atoms with Crippen LogP contribution in [0.4, 0.5) is 0 Å². The van der Waals surface area contributed by atoms with E-state index < -0.39 is 6.29 Å². The molecule has 1 aliphatic rings. The van der Waals surface area contributed by atoms with Gasteiger partial charge in [0.15, 0.2) is 0 Å². The van der Waals surface area contributed by atoms with Crippen LogP contribution in [0, 0.1) is 0 Å². The standard InChI is InChI=1S/C10H18O3/c1-3-4-7-12-9-6-5-8(2)13-10(9)11/h5,9-11H,3-4,6-7H2,1-2H3. The average Bonchev–Trinajstić information content (AvgIpc) is 2.09. The zero-order valence-corrected chi connectivity index (χ0v) is 8.32. The van der Waals surface area contributed by atoms with Gasteiger partial charge in [0.05, 0.1) is 5.76 Å². The van der Waals surface area contributed by atoms with E-state index in [0.29, 0.717) is 6.61 Å². The van der Waals surface area contributed by atoms with Gasteiger partial charge in [-0.05, 0) is 19.4 Å². The van der Waals surface area contributed by atoms with Crippen molar-refractivity contribution < 1.29 is 14.6 Å². The average molecular weight is 186 g/mol. The highest BCUT2D eigenvalue weighted by Gasteiger charge is 2.23. The molecule has 0 bridgehead atoms. The van der Waals surface area contributed by atoms with Crippen LogP contribution in [0.25, 0.3) is 0 Å². The Hall–Kier alpha value is -0.540. The fourth-order valence-corrected chi connectivity index (χ4v) is 1.24. The normalized spacial score (nSPS) is 28.1. The molecule has 1 rings (SSSR count). The molecule has 76 valence electrons. The van der Waals surface area contributed by atoms with Crippen molar-refractivity contribution in [2.45, 2.75) is 45.5 Å². The number of ether oxygens (including phenoxy) is 2. The smallest absolute Gasteiger partial charge is 0.223 e. The zero-order chi connectivity index (χ0) is 9.68. The number of unbranched alkanes of at least 4 members (excludes halogenated alkanes) is 1. The third-order valence-electron chi connectivity index (χ3n) is 2.09. The number of hydrogen-bond acceptors (Lipinski definition) is 3. The van der Waals surface area contributed by atoms with Crippen molar-refractivity contribution in [1.82, 2.24) is 0 Å². The van der Waals surface area contributed by atoms with Gasteiger partial charge in [0.1, 0.15) is 6.10 Å². The molecule has 0 saturated heterocycles. The van der Waals surface area contributed by atoms with Crippen molar-refractivity contribution in [1.29, 1.82) is 0 Å². The van der Waals surface area contributed by atoms with Crippen molar-refractivity contribution in [3.05, 3.63) is 11.8 Å². The maximum absolute atomic E-state index is 9.45. The van der Waals surface area contributed by atoms with Gasteiger partial charge in [-0.1, -0.05) is 13.3 Å². The van der Waals surface area contributed by atoms with Crippen LogP contribution in [-0.4, -0.2) is 24.1 Å². The van der Waals surface area contributed by atoms with Crippen LogP contribution < -0.4 is 0 Å². The molecule has 0 aromatic heterocycles. The fraction of sp³-hybridized carbons (Fsp3) is 0.800. The van der Waals surface area contributed by atoms with Gasteiger partial charge in [0.25, 0.3) is 0 Å². The van der Waals surface area contributed by atoms with Gasteiger partial charge < -0.3 is 14.6 Å². The van der Waals surface area contributed by atoms with E-state index in [1.54, 1.807) is 0 Å². The van der Waals surface area contributed by atoms with Crippen molar-refractivity contribution in [2.24, 2.45) is 0 Å². The molecule has 0 aliphatic carbocycles. The van der Waals surface area contributed by atoms with E-state index in [4.69, 9.17) is 9.47 Å². The third-order valence-corrected chi connectivity index (χ3v) is 2.09. The summed E-state index contributed by atoms with van der Waals surface area (Å²) in [7, 11) is 0. The van der Waals surface area contributed by atoms with Gasteiger partial charge in [0, 0.05) is 13.0 Å². The second-order valence-electron chi connectivity index (χ2n) is 3.32. The number of aliphatic hydroxyl groups excluding tert-OH is 1. The molecule has 3 heteroatoms. The van der Waals surface area contributed by atoms with E-state index in [1.165, 1.54) is 0 Å². The number of hydrogen-bond donors (Lipinski definition) is 1. The van der Waals surface area contributed by atoms with Crippen LogP contribution in [0.3, 0.4) is 0 Å². The minimum Gasteiger partial charge on any atom is -0.467 e. The topological polar surface area (TPSA) is 38.7 Å². The van der Waals surface area contributed by atoms with Gasteiger partial charge in [-0.3, -0.25) is 0 Å². The van der Waals surface area contributed by atoms with Crippen LogP contribution in [0.2, 0.25) is 0 Å². The van der Waals surface area contributed by atoms with Crippen LogP contribution in [0.15, 0.2) is 11.8 Å². The monoisotopic (exact) mass is 186 g/mol. The van der Waals surface area contributed by atoms with Crippen LogP contribution in [-0.2, 0) is 9.47 Å². The molecule has 1 aliphatic heterocycles. The Morgan fingerprint density at radius 1 is 1.69 bits per heavy atom. The highest BCUT2D eigenvalue weighted by molar-refractivity contribution is 4.95. The summed E-state index contributed by atoms with van der Waals surface area (Å²) in [4.78, 5) is 0. The first-order chi connectivity index (χ1) is 6.24. The molecule has 1 heterocycles. The number of rotatable bonds is 4. The van der Waals surface area contributed by atoms with Crippen molar-refractivity contribution in [3.8, 4) is 0 Å². The Morgan fingerprint density at radius 2 is 2.46 bits per heavy atom. The second-order valence-corrected chi connectivity index (χ2v) is 3.32. The Labute approximate surface area is 79.3 Å². The summed E-state index contributed by atoms with van der Waals surface area (Å²) in [6, 6.07) is 0. The molecule has 2 atom stereocenters. The van der Waals surface area contributed by atoms with Crippen LogP contribution in [0.5, 0.6) is 0 Å². The largest absolute Gasteiger partial charge is 0.467 e. The van der Waals surface area contributed by atoms with E-state index in [0.717, 1.165) is 25.0 Å². The molecule has 3 nitrogen and oxygen atoms in total. The second kappa shape index (κ2) is 5.25. The summed E-state index contributed by atoms with van der Waals surface area (Å²) in [5, 5.41) is 9.45. The third kappa shape index (κ3) is 3.36. The van der Waals surface area contributed by atoms with Crippen molar-refractivity contribution >= 4 is 0 Å². The predicted octanol–water partition coefficient (Wildman–Crippen LogP) is 1.81. The molecular weight excluding hydrogens is 168 g/mol. The molecule has 0 aromatic carbocycles. The van der Waals surface area contributed by atoms with Gasteiger partial charge in [0.2, 0.25) is 6.29 Å². The molecule has 0 amide bonds. The Bertz CT molecular complexity index is 177. The first-order valence-corrected chi connectivity index (χ1v) is 4.87. The van der Waals surface area contributed by atoms with Crippen LogP contribution in [0.1, 0.15) is 33.1 Å². The Morgan fingerprint density at radius 3 is 3.08 bits per heavy atom. The number of aliphatic hydroxyl groups is 1. The SMILES string of the molecule is CCCCOC1CC=C(C)OC1O. The van der Waals surface area contributed by atoms with Crippen molar-refractivity contribution in [2.75, 3.05) is 6.61 Å². The van der Waals surface area contributed by atoms with Crippen LogP contribution >= 0.6 is 0 Å². The van der Waals surface area contributed by atoms with E-state index in [9.17, 15) is 5.11 Å². The zero-order valence-electron chi connectivity index (χ0n) is 8.32. The lowest BCUT2D eigenvalue weighted by atomic mass is 10.2. The Balaban J connectivity index is 2.26. The first-order valence-electron chi connectivity index (χ1n) is 4.87. The maximum atomic E-state index is 9.45. The van der Waals surface area contributed by atoms with Gasteiger partial charge in [-0.15, -0.1) is 0 Å². The summed E-state index contributed by atoms with van der Waals surface area (Å²) in [5.74, 6) is 0.780. The molecule has 0 saturated carbocycles. The lowest BCUT2D eigenvalue weighted by Crippen LogP contribution is -2.33. The molecule has 0 aromatic rings. The highest BCUT2D eigenvalue weighted by Crippen LogP contribution is 2.18. The molecule has 2 unspecified atom stereocenters. The molecule has 0 fully saturated rings. The van der Waals surface area contributed by atoms with E-state index in [2.05, 4.69) is 6.92 Å². The summed E-state index contributed by atoms with van der Waals surface area (Å²) >= 11 is 0. The Kier molecular flexibility index (Phi) is 4.25. The van der Waals surface area contributed by atoms with E-state index >= 15 is 0 Å². The van der Waals surface area contributed by atoms with Gasteiger partial charge >= 0.3 is 0 Å². The summed E-state index contributed by atoms with van der Waals surface area (Å²) in [5.41, 5.74) is 0. The van der Waals surface area contributed by atoms with E-state index in [-0.39, 0.29) is 6.10 Å². The highest BCUT2D eigenvalue weighted by atomic mass is 16.6. The first kappa shape index (κ1) is 10.5. The lowest BCUT2D eigenvalue weighted by molar-refractivity contribution is -0.165. The molecular formula is C10H18O3. The van der Waals surface area contributed by atoms with Crippen molar-refractivity contribution in [3.63, 3.8) is 0 Å². The van der Waals surface area contributed by atoms with E-state index in [1.807, 2.05) is 13.0 Å². The summed E-state index contributed by atoms with van der Waals surface area (Å²) in [6.45, 7) is 4.65.